The molecule has 0 atom stereocenters. The second kappa shape index (κ2) is 4.75. The first-order chi connectivity index (χ1) is 7.07. The Morgan fingerprint density at radius 2 is 1.87 bits per heavy atom. The van der Waals surface area contributed by atoms with E-state index in [0.29, 0.717) is 0 Å². The number of fused-ring (bicyclic) bond motifs is 1. The van der Waals surface area contributed by atoms with Gasteiger partial charge in [-0.1, -0.05) is 34.6 Å². The van der Waals surface area contributed by atoms with Crippen molar-refractivity contribution in [2.75, 3.05) is 0 Å². The van der Waals surface area contributed by atoms with Crippen LogP contribution in [-0.4, -0.2) is 4.98 Å². The summed E-state index contributed by atoms with van der Waals surface area (Å²) in [6.07, 6.45) is 1.98. The SMILES string of the molecule is CC.CC(C)(C)c1cnc2sccc2c1. The molecule has 0 saturated carbocycles. The Morgan fingerprint density at radius 1 is 1.20 bits per heavy atom. The molecular formula is C13H19NS. The van der Waals surface area contributed by atoms with Crippen molar-refractivity contribution in [1.29, 1.82) is 0 Å². The van der Waals surface area contributed by atoms with Gasteiger partial charge in [-0.05, 0) is 28.5 Å². The Labute approximate surface area is 96.2 Å². The van der Waals surface area contributed by atoms with Crippen LogP contribution in [0.2, 0.25) is 0 Å². The van der Waals surface area contributed by atoms with Crippen LogP contribution >= 0.6 is 11.3 Å². The fourth-order valence-electron chi connectivity index (χ4n) is 1.27. The van der Waals surface area contributed by atoms with Crippen molar-refractivity contribution < 1.29 is 0 Å². The smallest absolute Gasteiger partial charge is 0.123 e. The molecule has 0 saturated heterocycles. The van der Waals surface area contributed by atoms with Gasteiger partial charge in [0.2, 0.25) is 0 Å². The van der Waals surface area contributed by atoms with E-state index in [1.165, 1.54) is 10.9 Å². The van der Waals surface area contributed by atoms with Crippen LogP contribution in [0.1, 0.15) is 40.2 Å². The maximum atomic E-state index is 4.43. The van der Waals surface area contributed by atoms with Crippen LogP contribution in [0.15, 0.2) is 23.7 Å². The van der Waals surface area contributed by atoms with Crippen LogP contribution in [0.4, 0.5) is 0 Å². The molecular weight excluding hydrogens is 202 g/mol. The van der Waals surface area contributed by atoms with E-state index in [0.717, 1.165) is 4.83 Å². The van der Waals surface area contributed by atoms with Crippen LogP contribution < -0.4 is 0 Å². The molecule has 2 aromatic heterocycles. The Hall–Kier alpha value is -0.890. The lowest BCUT2D eigenvalue weighted by atomic mass is 9.88. The van der Waals surface area contributed by atoms with Gasteiger partial charge in [-0.2, -0.15) is 0 Å². The van der Waals surface area contributed by atoms with E-state index in [-0.39, 0.29) is 5.41 Å². The van der Waals surface area contributed by atoms with Crippen LogP contribution in [0, 0.1) is 0 Å². The van der Waals surface area contributed by atoms with Gasteiger partial charge in [0.25, 0.3) is 0 Å². The predicted octanol–water partition coefficient (Wildman–Crippen LogP) is 4.62. The highest BCUT2D eigenvalue weighted by molar-refractivity contribution is 7.16. The Balaban J connectivity index is 0.000000531. The monoisotopic (exact) mass is 221 g/mol. The highest BCUT2D eigenvalue weighted by atomic mass is 32.1. The van der Waals surface area contributed by atoms with Crippen molar-refractivity contribution in [3.63, 3.8) is 0 Å². The summed E-state index contributed by atoms with van der Waals surface area (Å²) >= 11 is 1.70. The lowest BCUT2D eigenvalue weighted by molar-refractivity contribution is 0.589. The molecule has 0 aliphatic heterocycles. The topological polar surface area (TPSA) is 12.9 Å². The number of hydrogen-bond acceptors (Lipinski definition) is 2. The second-order valence-electron chi connectivity index (χ2n) is 4.29. The molecule has 0 aliphatic carbocycles. The molecule has 0 spiro atoms. The third-order valence-corrected chi connectivity index (χ3v) is 3.01. The van der Waals surface area contributed by atoms with Gasteiger partial charge in [-0.25, -0.2) is 4.98 Å². The van der Waals surface area contributed by atoms with Gasteiger partial charge in [-0.15, -0.1) is 11.3 Å². The lowest BCUT2D eigenvalue weighted by Crippen LogP contribution is -2.10. The van der Waals surface area contributed by atoms with Crippen molar-refractivity contribution in [1.82, 2.24) is 4.98 Å². The van der Waals surface area contributed by atoms with E-state index < -0.39 is 0 Å². The first-order valence-electron chi connectivity index (χ1n) is 5.41. The third-order valence-electron chi connectivity index (χ3n) is 2.17. The summed E-state index contributed by atoms with van der Waals surface area (Å²) < 4.78 is 0. The molecule has 0 amide bonds. The van der Waals surface area contributed by atoms with Gasteiger partial charge in [0, 0.05) is 11.6 Å². The number of thiophene rings is 1. The molecule has 0 bridgehead atoms. The molecule has 2 heterocycles. The molecule has 0 fully saturated rings. The van der Waals surface area contributed by atoms with Crippen LogP contribution in [0.5, 0.6) is 0 Å². The zero-order valence-electron chi connectivity index (χ0n) is 10.2. The van der Waals surface area contributed by atoms with Crippen LogP contribution in [0.3, 0.4) is 0 Å². The molecule has 2 rings (SSSR count). The van der Waals surface area contributed by atoms with Crippen molar-refractivity contribution in [3.8, 4) is 0 Å². The largest absolute Gasteiger partial charge is 0.245 e. The Bertz CT molecular complexity index is 423. The molecule has 2 aromatic rings. The van der Waals surface area contributed by atoms with Gasteiger partial charge in [0.1, 0.15) is 4.83 Å². The van der Waals surface area contributed by atoms with Crippen molar-refractivity contribution in [2.24, 2.45) is 0 Å². The van der Waals surface area contributed by atoms with Gasteiger partial charge in [-0.3, -0.25) is 0 Å². The standard InChI is InChI=1S/C11H13NS.C2H6/c1-11(2,3)9-6-8-4-5-13-10(8)12-7-9;1-2/h4-7H,1-3H3;1-2H3. The third kappa shape index (κ3) is 2.78. The minimum absolute atomic E-state index is 0.198. The Morgan fingerprint density at radius 3 is 2.47 bits per heavy atom. The van der Waals surface area contributed by atoms with E-state index >= 15 is 0 Å². The van der Waals surface area contributed by atoms with Crippen molar-refractivity contribution >= 4 is 21.6 Å². The van der Waals surface area contributed by atoms with Crippen LogP contribution in [0.25, 0.3) is 10.2 Å². The first kappa shape index (κ1) is 12.2. The molecule has 0 N–H and O–H groups in total. The summed E-state index contributed by atoms with van der Waals surface area (Å²) in [6, 6.07) is 4.36. The molecule has 1 nitrogen and oxygen atoms in total. The second-order valence-corrected chi connectivity index (χ2v) is 5.18. The quantitative estimate of drug-likeness (QED) is 0.632. The van der Waals surface area contributed by atoms with E-state index in [2.05, 4.69) is 43.3 Å². The molecule has 82 valence electrons. The number of hydrogen-bond donors (Lipinski definition) is 0. The minimum atomic E-state index is 0.198. The maximum absolute atomic E-state index is 4.43. The molecule has 0 aliphatic rings. The van der Waals surface area contributed by atoms with Crippen molar-refractivity contribution in [2.45, 2.75) is 40.0 Å². The van der Waals surface area contributed by atoms with Gasteiger partial charge >= 0.3 is 0 Å². The number of pyridine rings is 1. The minimum Gasteiger partial charge on any atom is -0.245 e. The maximum Gasteiger partial charge on any atom is 0.123 e. The van der Waals surface area contributed by atoms with E-state index in [1.807, 2.05) is 20.0 Å². The van der Waals surface area contributed by atoms with Crippen molar-refractivity contribution in [3.05, 3.63) is 29.3 Å². The molecule has 15 heavy (non-hydrogen) atoms. The summed E-state index contributed by atoms with van der Waals surface area (Å²) in [5.41, 5.74) is 1.50. The van der Waals surface area contributed by atoms with Gasteiger partial charge in [0.15, 0.2) is 0 Å². The average Bonchev–Trinajstić information content (AvgIpc) is 2.66. The number of aromatic nitrogens is 1. The normalized spacial score (nSPS) is 11.0. The number of nitrogens with zero attached hydrogens (tertiary/aromatic N) is 1. The predicted molar refractivity (Wildman–Crippen MR) is 69.7 cm³/mol. The molecule has 0 unspecified atom stereocenters. The fraction of sp³-hybridized carbons (Fsp3) is 0.462. The zero-order valence-corrected chi connectivity index (χ0v) is 11.0. The van der Waals surface area contributed by atoms with Crippen LogP contribution in [-0.2, 0) is 5.41 Å². The van der Waals surface area contributed by atoms with E-state index in [4.69, 9.17) is 0 Å². The summed E-state index contributed by atoms with van der Waals surface area (Å²) in [5.74, 6) is 0. The molecule has 0 aromatic carbocycles. The Kier molecular flexibility index (Phi) is 3.86. The van der Waals surface area contributed by atoms with Gasteiger partial charge in [0.05, 0.1) is 0 Å². The summed E-state index contributed by atoms with van der Waals surface area (Å²) in [6.45, 7) is 10.6. The van der Waals surface area contributed by atoms with E-state index in [9.17, 15) is 0 Å². The highest BCUT2D eigenvalue weighted by Crippen LogP contribution is 2.26. The first-order valence-corrected chi connectivity index (χ1v) is 6.29. The highest BCUT2D eigenvalue weighted by Gasteiger charge is 2.14. The van der Waals surface area contributed by atoms with E-state index in [1.54, 1.807) is 11.3 Å². The summed E-state index contributed by atoms with van der Waals surface area (Å²) in [4.78, 5) is 5.56. The zero-order chi connectivity index (χ0) is 11.5. The average molecular weight is 221 g/mol. The summed E-state index contributed by atoms with van der Waals surface area (Å²) in [7, 11) is 0. The molecule has 0 radical (unpaired) electrons. The summed E-state index contributed by atoms with van der Waals surface area (Å²) in [5, 5.41) is 3.35. The van der Waals surface area contributed by atoms with Gasteiger partial charge < -0.3 is 0 Å². The lowest BCUT2D eigenvalue weighted by Gasteiger charge is -2.18. The fourth-order valence-corrected chi connectivity index (χ4v) is 1.99. The number of rotatable bonds is 0. The molecule has 2 heteroatoms.